The number of amides is 1. The molecule has 0 aliphatic carbocycles. The molecule has 1 amide bonds. The molecular weight excluding hydrogens is 400 g/mol. The fraction of sp³-hybridized carbons (Fsp3) is 0.381. The number of nitrogen functional groups attached to an aromatic ring is 1. The third kappa shape index (κ3) is 7.30. The Hall–Kier alpha value is -1.82. The first-order valence-corrected chi connectivity index (χ1v) is 9.19. The molecule has 3 rings (SSSR count). The fourth-order valence-corrected chi connectivity index (χ4v) is 3.47. The number of nitrogens with one attached hydrogen (secondary N) is 1. The number of carbonyl (C=O) groups excluding carboxylic acids is 1. The van der Waals surface area contributed by atoms with Gasteiger partial charge in [-0.25, -0.2) is 4.39 Å². The van der Waals surface area contributed by atoms with Crippen LogP contribution >= 0.6 is 24.8 Å². The topological polar surface area (TPSA) is 58.4 Å². The number of carbonyl (C=O) groups is 1. The number of nitrogens with zero attached hydrogens (tertiary/aromatic N) is 1. The number of likely N-dealkylation sites (tertiary alicyclic amines) is 1. The van der Waals surface area contributed by atoms with E-state index in [2.05, 4.69) is 10.2 Å². The lowest BCUT2D eigenvalue weighted by Crippen LogP contribution is -2.43. The lowest BCUT2D eigenvalue weighted by molar-refractivity contribution is -0.126. The maximum atomic E-state index is 13.3. The van der Waals surface area contributed by atoms with Gasteiger partial charge in [0.15, 0.2) is 0 Å². The molecule has 0 bridgehead atoms. The number of benzene rings is 2. The minimum Gasteiger partial charge on any atom is -0.399 e. The monoisotopic (exact) mass is 427 g/mol. The first-order valence-electron chi connectivity index (χ1n) is 9.19. The molecule has 2 aromatic rings. The number of hydrogen-bond donors (Lipinski definition) is 2. The summed E-state index contributed by atoms with van der Waals surface area (Å²) < 4.78 is 13.3. The van der Waals surface area contributed by atoms with Crippen LogP contribution in [0.3, 0.4) is 0 Å². The van der Waals surface area contributed by atoms with Crippen molar-refractivity contribution in [3.63, 3.8) is 0 Å². The summed E-state index contributed by atoms with van der Waals surface area (Å²) in [4.78, 5) is 14.7. The van der Waals surface area contributed by atoms with Crippen molar-refractivity contribution in [1.29, 1.82) is 0 Å². The molecule has 3 N–H and O–H groups in total. The van der Waals surface area contributed by atoms with Crippen molar-refractivity contribution in [1.82, 2.24) is 10.2 Å². The first-order chi connectivity index (χ1) is 12.6. The maximum Gasteiger partial charge on any atom is 0.224 e. The summed E-state index contributed by atoms with van der Waals surface area (Å²) >= 11 is 0. The molecule has 1 aliphatic rings. The Morgan fingerprint density at radius 1 is 1.14 bits per heavy atom. The number of hydrogen-bond acceptors (Lipinski definition) is 3. The Kier molecular flexibility index (Phi) is 10.3. The summed E-state index contributed by atoms with van der Waals surface area (Å²) in [6.45, 7) is 2.99. The van der Waals surface area contributed by atoms with E-state index in [4.69, 9.17) is 5.73 Å². The van der Waals surface area contributed by atoms with Crippen molar-refractivity contribution in [3.8, 4) is 0 Å². The molecule has 0 spiro atoms. The highest BCUT2D eigenvalue weighted by Gasteiger charge is 2.25. The number of halogens is 3. The van der Waals surface area contributed by atoms with Gasteiger partial charge in [0.2, 0.25) is 5.91 Å². The molecule has 2 aromatic carbocycles. The van der Waals surface area contributed by atoms with E-state index in [9.17, 15) is 9.18 Å². The highest BCUT2D eigenvalue weighted by Crippen LogP contribution is 2.19. The molecule has 1 heterocycles. The van der Waals surface area contributed by atoms with Crippen LogP contribution in [0.15, 0.2) is 48.5 Å². The summed E-state index contributed by atoms with van der Waals surface area (Å²) in [5.74, 6) is -0.0930. The Bertz CT molecular complexity index is 743. The molecule has 0 saturated carbocycles. The zero-order chi connectivity index (χ0) is 18.4. The van der Waals surface area contributed by atoms with Crippen LogP contribution in [0.1, 0.15) is 24.0 Å². The fourth-order valence-electron chi connectivity index (χ4n) is 3.47. The van der Waals surface area contributed by atoms with Gasteiger partial charge < -0.3 is 11.1 Å². The van der Waals surface area contributed by atoms with Crippen LogP contribution in [0.4, 0.5) is 10.1 Å². The van der Waals surface area contributed by atoms with Crippen molar-refractivity contribution in [2.24, 2.45) is 5.92 Å². The van der Waals surface area contributed by atoms with E-state index in [0.717, 1.165) is 49.2 Å². The van der Waals surface area contributed by atoms with Gasteiger partial charge in [-0.05, 0) is 61.2 Å². The van der Waals surface area contributed by atoms with Gasteiger partial charge in [-0.15, -0.1) is 24.8 Å². The standard InChI is InChI=1S/C21H26FN3O.2ClH/c22-19-5-1-3-17(13-19)14-25-12-2-4-18(15-25)21(26)24-11-10-16-6-8-20(23)9-7-16;;/h1,3,5-9,13,18H,2,4,10-12,14-15,23H2,(H,24,26);2*1H. The third-order valence-electron chi connectivity index (χ3n) is 4.86. The van der Waals surface area contributed by atoms with Crippen molar-refractivity contribution < 1.29 is 9.18 Å². The van der Waals surface area contributed by atoms with Crippen LogP contribution in [0.2, 0.25) is 0 Å². The van der Waals surface area contributed by atoms with E-state index in [-0.39, 0.29) is 42.5 Å². The lowest BCUT2D eigenvalue weighted by Gasteiger charge is -2.32. The Balaban J connectivity index is 0.00000196. The van der Waals surface area contributed by atoms with E-state index in [0.29, 0.717) is 13.1 Å². The molecule has 154 valence electrons. The van der Waals surface area contributed by atoms with Gasteiger partial charge in [0, 0.05) is 25.3 Å². The first kappa shape index (κ1) is 24.2. The second-order valence-corrected chi connectivity index (χ2v) is 6.99. The minimum absolute atomic E-state index is 0. The highest BCUT2D eigenvalue weighted by atomic mass is 35.5. The molecular formula is C21H28Cl2FN3O. The summed E-state index contributed by atoms with van der Waals surface area (Å²) in [5.41, 5.74) is 8.55. The van der Waals surface area contributed by atoms with Crippen molar-refractivity contribution >= 4 is 36.4 Å². The predicted molar refractivity (Wildman–Crippen MR) is 116 cm³/mol. The Labute approximate surface area is 178 Å². The van der Waals surface area contributed by atoms with E-state index < -0.39 is 0 Å². The van der Waals surface area contributed by atoms with Gasteiger partial charge in [-0.2, -0.15) is 0 Å². The van der Waals surface area contributed by atoms with Crippen LogP contribution in [0, 0.1) is 11.7 Å². The van der Waals surface area contributed by atoms with Gasteiger partial charge in [0.1, 0.15) is 5.82 Å². The molecule has 1 saturated heterocycles. The molecule has 4 nitrogen and oxygen atoms in total. The summed E-state index contributed by atoms with van der Waals surface area (Å²) in [6.07, 6.45) is 2.70. The highest BCUT2D eigenvalue weighted by molar-refractivity contribution is 5.85. The van der Waals surface area contributed by atoms with Crippen molar-refractivity contribution in [2.45, 2.75) is 25.8 Å². The van der Waals surface area contributed by atoms with Crippen LogP contribution in [0.25, 0.3) is 0 Å². The Morgan fingerprint density at radius 3 is 2.61 bits per heavy atom. The average molecular weight is 428 g/mol. The van der Waals surface area contributed by atoms with Crippen molar-refractivity contribution in [3.05, 3.63) is 65.5 Å². The van der Waals surface area contributed by atoms with E-state index in [1.807, 2.05) is 30.3 Å². The summed E-state index contributed by atoms with van der Waals surface area (Å²) in [7, 11) is 0. The third-order valence-corrected chi connectivity index (χ3v) is 4.86. The van der Waals surface area contributed by atoms with Crippen LogP contribution in [-0.4, -0.2) is 30.4 Å². The van der Waals surface area contributed by atoms with E-state index in [1.54, 1.807) is 12.1 Å². The van der Waals surface area contributed by atoms with Crippen LogP contribution in [-0.2, 0) is 17.8 Å². The largest absolute Gasteiger partial charge is 0.399 e. The average Bonchev–Trinajstić information content (AvgIpc) is 2.63. The molecule has 1 atom stereocenters. The second kappa shape index (κ2) is 11.9. The number of rotatable bonds is 6. The van der Waals surface area contributed by atoms with Gasteiger partial charge >= 0.3 is 0 Å². The molecule has 1 fully saturated rings. The quantitative estimate of drug-likeness (QED) is 0.688. The summed E-state index contributed by atoms with van der Waals surface area (Å²) in [6, 6.07) is 14.4. The van der Waals surface area contributed by atoms with E-state index >= 15 is 0 Å². The van der Waals surface area contributed by atoms with Gasteiger partial charge in [0.05, 0.1) is 5.92 Å². The number of nitrogens with two attached hydrogens (primary N) is 1. The predicted octanol–water partition coefficient (Wildman–Crippen LogP) is 3.82. The normalized spacial score (nSPS) is 16.5. The molecule has 28 heavy (non-hydrogen) atoms. The van der Waals surface area contributed by atoms with Gasteiger partial charge in [0.25, 0.3) is 0 Å². The second-order valence-electron chi connectivity index (χ2n) is 6.99. The molecule has 1 unspecified atom stereocenters. The van der Waals surface area contributed by atoms with Gasteiger partial charge in [-0.3, -0.25) is 9.69 Å². The van der Waals surface area contributed by atoms with Crippen LogP contribution < -0.4 is 11.1 Å². The smallest absolute Gasteiger partial charge is 0.224 e. The zero-order valence-electron chi connectivity index (χ0n) is 15.8. The summed E-state index contributed by atoms with van der Waals surface area (Å²) in [5, 5.41) is 3.05. The van der Waals surface area contributed by atoms with Crippen molar-refractivity contribution in [2.75, 3.05) is 25.4 Å². The maximum absolute atomic E-state index is 13.3. The van der Waals surface area contributed by atoms with Crippen LogP contribution in [0.5, 0.6) is 0 Å². The Morgan fingerprint density at radius 2 is 1.89 bits per heavy atom. The minimum atomic E-state index is -0.212. The lowest BCUT2D eigenvalue weighted by atomic mass is 9.96. The SMILES string of the molecule is Cl.Cl.Nc1ccc(CCNC(=O)C2CCCN(Cc3cccc(F)c3)C2)cc1. The molecule has 1 aliphatic heterocycles. The number of anilines is 1. The van der Waals surface area contributed by atoms with E-state index in [1.165, 1.54) is 6.07 Å². The number of piperidine rings is 1. The molecule has 0 radical (unpaired) electrons. The zero-order valence-corrected chi connectivity index (χ0v) is 17.4. The van der Waals surface area contributed by atoms with Gasteiger partial charge in [-0.1, -0.05) is 24.3 Å². The molecule has 7 heteroatoms. The molecule has 0 aromatic heterocycles.